The number of thioether (sulfide) groups is 1. The van der Waals surface area contributed by atoms with Crippen LogP contribution >= 0.6 is 11.8 Å². The molecule has 0 bridgehead atoms. The molecule has 0 aliphatic heterocycles. The molecule has 0 saturated heterocycles. The molecule has 4 aromatic rings. The Kier molecular flexibility index (Phi) is 6.61. The number of nitrogens with zero attached hydrogens (tertiary/aromatic N) is 5. The summed E-state index contributed by atoms with van der Waals surface area (Å²) in [6.07, 6.45) is 5.07. The average Bonchev–Trinajstić information content (AvgIpc) is 3.18. The number of nitrogens with one attached hydrogen (secondary N) is 2. The summed E-state index contributed by atoms with van der Waals surface area (Å²) in [7, 11) is 1.64. The fraction of sp³-hybridized carbons (Fsp3) is 0.320. The van der Waals surface area contributed by atoms with E-state index in [9.17, 15) is 14.0 Å². The molecule has 3 aromatic heterocycles. The molecule has 0 aliphatic carbocycles. The van der Waals surface area contributed by atoms with Gasteiger partial charge in [0.25, 0.3) is 5.56 Å². The fourth-order valence-corrected chi connectivity index (χ4v) is 4.40. The maximum atomic E-state index is 14.8. The van der Waals surface area contributed by atoms with E-state index < -0.39 is 11.8 Å². The molecule has 9 nitrogen and oxygen atoms in total. The van der Waals surface area contributed by atoms with Crippen LogP contribution in [-0.4, -0.2) is 36.6 Å². The van der Waals surface area contributed by atoms with Gasteiger partial charge in [0.2, 0.25) is 0 Å². The Bertz CT molecular complexity index is 1550. The van der Waals surface area contributed by atoms with Gasteiger partial charge in [0.05, 0.1) is 28.8 Å². The highest BCUT2D eigenvalue weighted by Crippen LogP contribution is 2.29. The number of pyridine rings is 1. The third-order valence-electron chi connectivity index (χ3n) is 5.85. The Hall–Kier alpha value is -3.73. The van der Waals surface area contributed by atoms with Crippen molar-refractivity contribution in [1.29, 1.82) is 0 Å². The normalized spacial score (nSPS) is 11.7. The summed E-state index contributed by atoms with van der Waals surface area (Å²) in [5.41, 5.74) is 2.61. The lowest BCUT2D eigenvalue weighted by molar-refractivity contribution is 0.262. The second-order valence-corrected chi connectivity index (χ2v) is 10.3. The van der Waals surface area contributed by atoms with Gasteiger partial charge in [-0.3, -0.25) is 14.0 Å². The number of aryl methyl sites for hydroxylation is 2. The number of amides is 2. The SMILES string of the molecule is CSc1ncc2cc(-c3cc(NC(=O)Nc4cnn(C(C)(C)C)c4C)c(F)cc3C)c(=O)n(C)c2n1. The molecule has 0 spiro atoms. The first kappa shape index (κ1) is 25.4. The Morgan fingerprint density at radius 1 is 1.06 bits per heavy atom. The van der Waals surface area contributed by atoms with E-state index in [2.05, 4.69) is 25.7 Å². The van der Waals surface area contributed by atoms with Crippen molar-refractivity contribution in [3.63, 3.8) is 0 Å². The lowest BCUT2D eigenvalue weighted by Crippen LogP contribution is -2.25. The van der Waals surface area contributed by atoms with Crippen LogP contribution < -0.4 is 16.2 Å². The summed E-state index contributed by atoms with van der Waals surface area (Å²) in [5, 5.41) is 10.9. The molecule has 36 heavy (non-hydrogen) atoms. The number of urea groups is 1. The van der Waals surface area contributed by atoms with Crippen molar-refractivity contribution in [1.82, 2.24) is 24.3 Å². The van der Waals surface area contributed by atoms with Gasteiger partial charge in [0, 0.05) is 24.2 Å². The summed E-state index contributed by atoms with van der Waals surface area (Å²) < 4.78 is 18.1. The number of aromatic nitrogens is 5. The Labute approximate surface area is 212 Å². The van der Waals surface area contributed by atoms with Crippen molar-refractivity contribution in [2.45, 2.75) is 45.3 Å². The van der Waals surface area contributed by atoms with E-state index in [4.69, 9.17) is 0 Å². The number of fused-ring (bicyclic) bond motifs is 1. The molecule has 4 rings (SSSR count). The summed E-state index contributed by atoms with van der Waals surface area (Å²) in [5.74, 6) is -0.612. The number of benzene rings is 1. The number of carbonyl (C=O) groups excluding carboxylic acids is 1. The minimum Gasteiger partial charge on any atom is -0.305 e. The molecule has 0 radical (unpaired) electrons. The molecule has 11 heteroatoms. The summed E-state index contributed by atoms with van der Waals surface area (Å²) in [4.78, 5) is 34.7. The summed E-state index contributed by atoms with van der Waals surface area (Å²) in [6, 6.07) is 3.83. The van der Waals surface area contributed by atoms with E-state index in [0.717, 1.165) is 5.69 Å². The molecule has 0 aliphatic rings. The van der Waals surface area contributed by atoms with Crippen LogP contribution in [-0.2, 0) is 12.6 Å². The van der Waals surface area contributed by atoms with Crippen LogP contribution in [0.5, 0.6) is 0 Å². The third kappa shape index (κ3) is 4.70. The highest BCUT2D eigenvalue weighted by atomic mass is 32.2. The van der Waals surface area contributed by atoms with Crippen molar-refractivity contribution >= 4 is 40.2 Å². The lowest BCUT2D eigenvalue weighted by Gasteiger charge is -2.21. The number of hydrogen-bond donors (Lipinski definition) is 2. The minimum atomic E-state index is -0.621. The minimum absolute atomic E-state index is 0.0508. The number of anilines is 2. The average molecular weight is 510 g/mol. The van der Waals surface area contributed by atoms with Crippen LogP contribution in [0.25, 0.3) is 22.2 Å². The zero-order valence-corrected chi connectivity index (χ0v) is 22.0. The van der Waals surface area contributed by atoms with Crippen molar-refractivity contribution in [3.8, 4) is 11.1 Å². The lowest BCUT2D eigenvalue weighted by atomic mass is 9.99. The van der Waals surface area contributed by atoms with Crippen molar-refractivity contribution in [2.75, 3.05) is 16.9 Å². The maximum Gasteiger partial charge on any atom is 0.323 e. The van der Waals surface area contributed by atoms with Crippen LogP contribution in [0.4, 0.5) is 20.6 Å². The van der Waals surface area contributed by atoms with Crippen LogP contribution in [0.15, 0.2) is 40.5 Å². The first-order chi connectivity index (χ1) is 16.9. The molecule has 0 saturated carbocycles. The molecule has 3 heterocycles. The van der Waals surface area contributed by atoms with Gasteiger partial charge in [-0.2, -0.15) is 5.10 Å². The maximum absolute atomic E-state index is 14.8. The second-order valence-electron chi connectivity index (χ2n) is 9.51. The van der Waals surface area contributed by atoms with Gasteiger partial charge in [-0.1, -0.05) is 11.8 Å². The predicted octanol–water partition coefficient (Wildman–Crippen LogP) is 5.07. The Morgan fingerprint density at radius 2 is 1.75 bits per heavy atom. The molecule has 188 valence electrons. The quantitative estimate of drug-likeness (QED) is 0.294. The Morgan fingerprint density at radius 3 is 2.39 bits per heavy atom. The largest absolute Gasteiger partial charge is 0.323 e. The van der Waals surface area contributed by atoms with E-state index >= 15 is 0 Å². The van der Waals surface area contributed by atoms with Gasteiger partial charge in [-0.05, 0) is 70.2 Å². The first-order valence-corrected chi connectivity index (χ1v) is 12.5. The fourth-order valence-electron chi connectivity index (χ4n) is 4.07. The summed E-state index contributed by atoms with van der Waals surface area (Å²) >= 11 is 1.38. The van der Waals surface area contributed by atoms with Gasteiger partial charge < -0.3 is 10.6 Å². The van der Waals surface area contributed by atoms with E-state index in [1.54, 1.807) is 37.1 Å². The van der Waals surface area contributed by atoms with Crippen LogP contribution in [0.2, 0.25) is 0 Å². The predicted molar refractivity (Wildman–Crippen MR) is 141 cm³/mol. The first-order valence-electron chi connectivity index (χ1n) is 11.2. The third-order valence-corrected chi connectivity index (χ3v) is 6.42. The summed E-state index contributed by atoms with van der Waals surface area (Å²) in [6.45, 7) is 9.57. The Balaban J connectivity index is 1.69. The molecule has 1 aromatic carbocycles. The topological polar surface area (TPSA) is 107 Å². The van der Waals surface area contributed by atoms with E-state index in [0.29, 0.717) is 38.6 Å². The number of hydrogen-bond acceptors (Lipinski definition) is 6. The zero-order valence-electron chi connectivity index (χ0n) is 21.2. The number of carbonyl (C=O) groups is 1. The molecule has 0 fully saturated rings. The van der Waals surface area contributed by atoms with Crippen LogP contribution in [0.1, 0.15) is 32.0 Å². The number of rotatable bonds is 4. The highest BCUT2D eigenvalue weighted by molar-refractivity contribution is 7.98. The number of halogens is 1. The van der Waals surface area contributed by atoms with E-state index in [1.165, 1.54) is 28.5 Å². The smallest absolute Gasteiger partial charge is 0.305 e. The van der Waals surface area contributed by atoms with Gasteiger partial charge in [0.1, 0.15) is 11.5 Å². The van der Waals surface area contributed by atoms with Gasteiger partial charge in [-0.15, -0.1) is 0 Å². The molecule has 2 amide bonds. The second kappa shape index (κ2) is 9.38. The molecule has 2 N–H and O–H groups in total. The zero-order chi connectivity index (χ0) is 26.4. The van der Waals surface area contributed by atoms with Crippen molar-refractivity contribution in [3.05, 3.63) is 58.0 Å². The van der Waals surface area contributed by atoms with Crippen LogP contribution in [0, 0.1) is 19.7 Å². The van der Waals surface area contributed by atoms with E-state index in [-0.39, 0.29) is 16.8 Å². The van der Waals surface area contributed by atoms with Crippen molar-refractivity contribution < 1.29 is 9.18 Å². The molecule has 0 atom stereocenters. The molecule has 0 unspecified atom stereocenters. The monoisotopic (exact) mass is 509 g/mol. The van der Waals surface area contributed by atoms with Gasteiger partial charge >= 0.3 is 6.03 Å². The highest BCUT2D eigenvalue weighted by Gasteiger charge is 2.20. The van der Waals surface area contributed by atoms with Crippen molar-refractivity contribution in [2.24, 2.45) is 7.05 Å². The van der Waals surface area contributed by atoms with E-state index in [1.807, 2.05) is 34.0 Å². The van der Waals surface area contributed by atoms with Gasteiger partial charge in [-0.25, -0.2) is 19.2 Å². The van der Waals surface area contributed by atoms with Crippen LogP contribution in [0.3, 0.4) is 0 Å². The molecular formula is C25H28FN7O2S. The standard InChI is InChI=1S/C25H28FN7O2S/c1-13-8-18(26)19(29-23(35)30-20-12-28-33(14(20)2)25(3,4)5)10-16(13)17-9-15-11-27-24(36-7)31-21(15)32(6)22(17)34/h8-12H,1-7H3,(H2,29,30,35). The molecular weight excluding hydrogens is 481 g/mol. The van der Waals surface area contributed by atoms with Gasteiger partial charge in [0.15, 0.2) is 5.16 Å².